The van der Waals surface area contributed by atoms with Crippen molar-refractivity contribution in [2.45, 2.75) is 63.2 Å². The van der Waals surface area contributed by atoms with Crippen molar-refractivity contribution in [3.05, 3.63) is 34.2 Å². The summed E-state index contributed by atoms with van der Waals surface area (Å²) in [5.74, 6) is -0.0116. The van der Waals surface area contributed by atoms with Crippen LogP contribution < -0.4 is 15.0 Å². The lowest BCUT2D eigenvalue weighted by Crippen LogP contribution is -2.31. The Balaban J connectivity index is 1.82. The van der Waals surface area contributed by atoms with Crippen LogP contribution in [-0.4, -0.2) is 65.9 Å². The largest absolute Gasteiger partial charge is 0.493 e. The molecule has 0 spiro atoms. The number of sulfonamides is 1. The SMILES string of the molecule is [2H]C([2H])([2H])n1nc(CC([2H])([2H])C([2H])([2H])[2H])c2nc(-c3cc(S(=O)(=O)NCCC4CCCN4C)ccc3OCCC)[nH]c(=O)c21. The van der Waals surface area contributed by atoms with E-state index in [0.717, 1.165) is 19.4 Å². The Morgan fingerprint density at radius 2 is 2.25 bits per heavy atom. The van der Waals surface area contributed by atoms with Crippen molar-refractivity contribution in [1.29, 1.82) is 0 Å². The molecular formula is C25H36N6O4S. The van der Waals surface area contributed by atoms with Crippen LogP contribution in [0, 0.1) is 0 Å². The summed E-state index contributed by atoms with van der Waals surface area (Å²) in [5, 5.41) is 3.90. The Morgan fingerprint density at radius 3 is 2.97 bits per heavy atom. The summed E-state index contributed by atoms with van der Waals surface area (Å²) in [6.45, 7) is -2.77. The van der Waals surface area contributed by atoms with Crippen LogP contribution in [0.5, 0.6) is 5.75 Å². The number of benzene rings is 1. The minimum Gasteiger partial charge on any atom is -0.493 e. The van der Waals surface area contributed by atoms with Crippen LogP contribution >= 0.6 is 0 Å². The number of nitrogens with zero attached hydrogens (tertiary/aromatic N) is 4. The second kappa shape index (κ2) is 11.1. The molecule has 3 aromatic rings. The van der Waals surface area contributed by atoms with Gasteiger partial charge in [-0.2, -0.15) is 5.10 Å². The summed E-state index contributed by atoms with van der Waals surface area (Å²) in [5.41, 5.74) is -2.09. The average Bonchev–Trinajstić information content (AvgIpc) is 3.49. The van der Waals surface area contributed by atoms with Gasteiger partial charge in [-0.25, -0.2) is 18.1 Å². The molecule has 0 radical (unpaired) electrons. The lowest BCUT2D eigenvalue weighted by molar-refractivity contribution is 0.297. The number of aryl methyl sites for hydroxylation is 2. The topological polar surface area (TPSA) is 122 Å². The van der Waals surface area contributed by atoms with Gasteiger partial charge in [0.15, 0.2) is 5.52 Å². The Labute approximate surface area is 223 Å². The van der Waals surface area contributed by atoms with Gasteiger partial charge in [0, 0.05) is 30.5 Å². The van der Waals surface area contributed by atoms with Crippen molar-refractivity contribution in [3.63, 3.8) is 0 Å². The molecule has 0 bridgehead atoms. The molecule has 1 aromatic carbocycles. The lowest BCUT2D eigenvalue weighted by atomic mass is 10.1. The van der Waals surface area contributed by atoms with E-state index in [-0.39, 0.29) is 52.4 Å². The Hall–Kier alpha value is -2.76. The highest BCUT2D eigenvalue weighted by Crippen LogP contribution is 2.31. The fraction of sp³-hybridized carbons (Fsp3) is 0.560. The molecule has 1 aliphatic rings. The third-order valence-corrected chi connectivity index (χ3v) is 7.73. The monoisotopic (exact) mass is 524 g/mol. The standard InChI is InChI=1S/C25H36N6O4S/c1-5-8-20-22-23(31(4)29-20)25(32)28-24(27-22)19-16-18(10-11-21(19)35-15-6-2)36(33,34)26-13-12-17-9-7-14-30(17)3/h10-11,16-17,26H,5-9,12-15H2,1-4H3,(H,27,28,32)/i1D3,4D3,5D2. The van der Waals surface area contributed by atoms with Crippen LogP contribution in [-0.2, 0) is 23.4 Å². The summed E-state index contributed by atoms with van der Waals surface area (Å²) in [7, 11) is -2.00. The highest BCUT2D eigenvalue weighted by atomic mass is 32.2. The Morgan fingerprint density at radius 1 is 1.39 bits per heavy atom. The molecule has 3 heterocycles. The molecule has 1 atom stereocenters. The second-order valence-corrected chi connectivity index (χ2v) is 10.6. The predicted octanol–water partition coefficient (Wildman–Crippen LogP) is 2.83. The van der Waals surface area contributed by atoms with Gasteiger partial charge < -0.3 is 14.6 Å². The maximum Gasteiger partial charge on any atom is 0.277 e. The Bertz CT molecular complexity index is 1670. The van der Waals surface area contributed by atoms with E-state index in [1.165, 1.54) is 18.2 Å². The second-order valence-electron chi connectivity index (χ2n) is 8.79. The average molecular weight is 525 g/mol. The molecule has 0 saturated carbocycles. The van der Waals surface area contributed by atoms with Crippen molar-refractivity contribution >= 4 is 21.1 Å². The minimum atomic E-state index is -4.00. The van der Waals surface area contributed by atoms with Crippen molar-refractivity contribution in [2.75, 3.05) is 26.7 Å². The fourth-order valence-corrected chi connectivity index (χ4v) is 5.47. The summed E-state index contributed by atoms with van der Waals surface area (Å²) < 4.78 is 97.6. The van der Waals surface area contributed by atoms with E-state index in [2.05, 4.69) is 24.7 Å². The van der Waals surface area contributed by atoms with E-state index < -0.39 is 47.7 Å². The van der Waals surface area contributed by atoms with Gasteiger partial charge in [0.1, 0.15) is 17.1 Å². The van der Waals surface area contributed by atoms with Crippen LogP contribution in [0.2, 0.25) is 0 Å². The van der Waals surface area contributed by atoms with Gasteiger partial charge in [-0.3, -0.25) is 9.48 Å². The molecular weight excluding hydrogens is 480 g/mol. The smallest absolute Gasteiger partial charge is 0.277 e. The molecule has 2 aromatic heterocycles. The maximum absolute atomic E-state index is 13.3. The number of ether oxygens (including phenoxy) is 1. The summed E-state index contributed by atoms with van der Waals surface area (Å²) in [6, 6.07) is 4.34. The number of H-pyrrole nitrogens is 1. The molecule has 1 unspecified atom stereocenters. The van der Waals surface area contributed by atoms with Crippen molar-refractivity contribution < 1.29 is 24.1 Å². The van der Waals surface area contributed by atoms with Crippen LogP contribution in [0.1, 0.15) is 62.5 Å². The highest BCUT2D eigenvalue weighted by Gasteiger charge is 2.23. The molecule has 1 aliphatic heterocycles. The molecule has 196 valence electrons. The summed E-state index contributed by atoms with van der Waals surface area (Å²) in [4.78, 5) is 22.3. The van der Waals surface area contributed by atoms with Crippen molar-refractivity contribution in [1.82, 2.24) is 29.4 Å². The number of fused-ring (bicyclic) bond motifs is 1. The molecule has 10 nitrogen and oxygen atoms in total. The molecule has 11 heteroatoms. The third-order valence-electron chi connectivity index (χ3n) is 6.28. The van der Waals surface area contributed by atoms with E-state index in [0.29, 0.717) is 17.5 Å². The van der Waals surface area contributed by atoms with Crippen LogP contribution in [0.15, 0.2) is 27.9 Å². The first-order valence-corrected chi connectivity index (χ1v) is 13.3. The zero-order chi connectivity index (χ0) is 32.7. The molecule has 0 aliphatic carbocycles. The molecule has 4 rings (SSSR count). The fourth-order valence-electron chi connectivity index (χ4n) is 4.40. The molecule has 0 amide bonds. The van der Waals surface area contributed by atoms with Gasteiger partial charge in [-0.1, -0.05) is 20.1 Å². The van der Waals surface area contributed by atoms with Gasteiger partial charge in [-0.15, -0.1) is 0 Å². The van der Waals surface area contributed by atoms with Crippen LogP contribution in [0.25, 0.3) is 22.4 Å². The van der Waals surface area contributed by atoms with E-state index in [1.54, 1.807) is 0 Å². The zero-order valence-electron chi connectivity index (χ0n) is 28.3. The normalized spacial score (nSPS) is 21.1. The van der Waals surface area contributed by atoms with E-state index in [1.807, 2.05) is 14.0 Å². The van der Waals surface area contributed by atoms with Crippen LogP contribution in [0.3, 0.4) is 0 Å². The van der Waals surface area contributed by atoms with E-state index in [4.69, 9.17) is 15.7 Å². The van der Waals surface area contributed by atoms with Crippen molar-refractivity contribution in [3.8, 4) is 17.1 Å². The van der Waals surface area contributed by atoms with E-state index in [9.17, 15) is 13.2 Å². The third kappa shape index (κ3) is 5.47. The molecule has 36 heavy (non-hydrogen) atoms. The molecule has 1 saturated heterocycles. The highest BCUT2D eigenvalue weighted by molar-refractivity contribution is 7.89. The number of aromatic nitrogens is 4. The molecule has 1 fully saturated rings. The Kier molecular flexibility index (Phi) is 5.44. The number of rotatable bonds is 11. The summed E-state index contributed by atoms with van der Waals surface area (Å²) in [6.07, 6.45) is -0.417. The quantitative estimate of drug-likeness (QED) is 0.395. The van der Waals surface area contributed by atoms with Gasteiger partial charge in [0.05, 0.1) is 22.8 Å². The molecule has 2 N–H and O–H groups in total. The number of aromatic amines is 1. The summed E-state index contributed by atoms with van der Waals surface area (Å²) >= 11 is 0. The van der Waals surface area contributed by atoms with Crippen LogP contribution in [0.4, 0.5) is 0 Å². The van der Waals surface area contributed by atoms with Crippen molar-refractivity contribution in [2.24, 2.45) is 6.98 Å². The van der Waals surface area contributed by atoms with Gasteiger partial charge in [0.2, 0.25) is 10.0 Å². The predicted molar refractivity (Wildman–Crippen MR) is 140 cm³/mol. The number of nitrogens with one attached hydrogen (secondary N) is 2. The van der Waals surface area contributed by atoms with Gasteiger partial charge >= 0.3 is 0 Å². The number of hydrogen-bond acceptors (Lipinski definition) is 7. The van der Waals surface area contributed by atoms with E-state index >= 15 is 0 Å². The minimum absolute atomic E-state index is 0.0715. The van der Waals surface area contributed by atoms with Gasteiger partial charge in [0.25, 0.3) is 5.56 Å². The van der Waals surface area contributed by atoms with Gasteiger partial charge in [-0.05, 0) is 63.9 Å². The number of hydrogen-bond donors (Lipinski definition) is 2. The first-order chi connectivity index (χ1) is 20.4. The maximum atomic E-state index is 13.3. The lowest BCUT2D eigenvalue weighted by Gasteiger charge is -2.19. The first kappa shape index (κ1) is 17.7. The number of likely N-dealkylation sites (tertiary alicyclic amines) is 1. The zero-order valence-corrected chi connectivity index (χ0v) is 21.1. The first-order valence-electron chi connectivity index (χ1n) is 15.9.